The highest BCUT2D eigenvalue weighted by atomic mass is 16.2. The fraction of sp³-hybridized carbons (Fsp3) is 0.227. The van der Waals surface area contributed by atoms with Gasteiger partial charge in [0, 0.05) is 37.9 Å². The van der Waals surface area contributed by atoms with Crippen molar-refractivity contribution >= 4 is 17.5 Å². The lowest BCUT2D eigenvalue weighted by Gasteiger charge is -2.19. The molecule has 0 unspecified atom stereocenters. The van der Waals surface area contributed by atoms with Gasteiger partial charge in [-0.05, 0) is 23.3 Å². The molecule has 2 amide bonds. The molecule has 7 nitrogen and oxygen atoms in total. The van der Waals surface area contributed by atoms with Gasteiger partial charge in [-0.2, -0.15) is 5.10 Å². The molecule has 0 spiro atoms. The molecule has 0 bridgehead atoms. The summed E-state index contributed by atoms with van der Waals surface area (Å²) in [6.07, 6.45) is 1.77. The summed E-state index contributed by atoms with van der Waals surface area (Å²) in [5.41, 5.74) is 4.62. The lowest BCUT2D eigenvalue weighted by molar-refractivity contribution is -0.142. The molecule has 2 aromatic carbocycles. The topological polar surface area (TPSA) is 79.3 Å². The number of anilines is 1. The molecule has 1 aliphatic rings. The van der Waals surface area contributed by atoms with E-state index in [9.17, 15) is 9.59 Å². The van der Waals surface area contributed by atoms with Crippen molar-refractivity contribution in [1.82, 2.24) is 20.0 Å². The second-order valence-corrected chi connectivity index (χ2v) is 7.08. The van der Waals surface area contributed by atoms with E-state index in [2.05, 4.69) is 15.7 Å². The second kappa shape index (κ2) is 8.28. The number of nitrogens with one attached hydrogen (secondary N) is 2. The molecule has 2 N–H and O–H groups in total. The van der Waals surface area contributed by atoms with E-state index >= 15 is 0 Å². The largest absolute Gasteiger partial charge is 0.333 e. The number of fused-ring (bicyclic) bond motifs is 1. The Morgan fingerprint density at radius 2 is 1.93 bits per heavy atom. The van der Waals surface area contributed by atoms with Crippen molar-refractivity contribution < 1.29 is 9.59 Å². The molecule has 0 fully saturated rings. The molecule has 3 aromatic rings. The minimum Gasteiger partial charge on any atom is -0.333 e. The molecule has 7 heteroatoms. The van der Waals surface area contributed by atoms with Crippen LogP contribution in [0.15, 0.2) is 60.8 Å². The first-order valence-electron chi connectivity index (χ1n) is 9.58. The predicted molar refractivity (Wildman–Crippen MR) is 111 cm³/mol. The summed E-state index contributed by atoms with van der Waals surface area (Å²) < 4.78 is 1.94. The Kier molecular flexibility index (Phi) is 5.39. The van der Waals surface area contributed by atoms with E-state index in [1.165, 1.54) is 4.90 Å². The van der Waals surface area contributed by atoms with E-state index in [1.54, 1.807) is 19.3 Å². The maximum Gasteiger partial charge on any atom is 0.313 e. The third-order valence-electron chi connectivity index (χ3n) is 5.00. The summed E-state index contributed by atoms with van der Waals surface area (Å²) in [7, 11) is 1.63. The van der Waals surface area contributed by atoms with Crippen LogP contribution in [0.1, 0.15) is 11.3 Å². The Morgan fingerprint density at radius 1 is 1.14 bits per heavy atom. The van der Waals surface area contributed by atoms with Crippen molar-refractivity contribution in [3.05, 3.63) is 72.1 Å². The third kappa shape index (κ3) is 4.20. The van der Waals surface area contributed by atoms with E-state index in [0.717, 1.165) is 42.0 Å². The molecule has 0 aliphatic carbocycles. The van der Waals surface area contributed by atoms with Gasteiger partial charge in [-0.25, -0.2) is 0 Å². The van der Waals surface area contributed by atoms with Gasteiger partial charge in [0.15, 0.2) is 0 Å². The SMILES string of the molecule is CN(Cc1cnn2c1CNCC2)C(=O)C(=O)Nc1cccc(-c2ccccc2)c1. The summed E-state index contributed by atoms with van der Waals surface area (Å²) in [6, 6.07) is 17.3. The number of carbonyl (C=O) groups is 2. The van der Waals surface area contributed by atoms with E-state index in [-0.39, 0.29) is 0 Å². The number of hydrogen-bond acceptors (Lipinski definition) is 4. The normalized spacial score (nSPS) is 12.9. The van der Waals surface area contributed by atoms with Gasteiger partial charge in [0.05, 0.1) is 18.4 Å². The molecule has 148 valence electrons. The number of rotatable bonds is 4. The van der Waals surface area contributed by atoms with Crippen molar-refractivity contribution in [2.45, 2.75) is 19.6 Å². The molecular formula is C22H23N5O2. The van der Waals surface area contributed by atoms with Gasteiger partial charge < -0.3 is 15.5 Å². The fourth-order valence-electron chi connectivity index (χ4n) is 3.46. The van der Waals surface area contributed by atoms with Crippen molar-refractivity contribution in [3.8, 4) is 11.1 Å². The van der Waals surface area contributed by atoms with E-state index in [1.807, 2.05) is 53.2 Å². The number of nitrogens with zero attached hydrogens (tertiary/aromatic N) is 3. The minimum absolute atomic E-state index is 0.341. The zero-order chi connectivity index (χ0) is 20.2. The van der Waals surface area contributed by atoms with Gasteiger partial charge in [-0.15, -0.1) is 0 Å². The summed E-state index contributed by atoms with van der Waals surface area (Å²) in [6.45, 7) is 2.75. The molecule has 0 radical (unpaired) electrons. The van der Waals surface area contributed by atoms with Gasteiger partial charge in [0.1, 0.15) is 0 Å². The van der Waals surface area contributed by atoms with Crippen molar-refractivity contribution in [2.24, 2.45) is 0 Å². The smallest absolute Gasteiger partial charge is 0.313 e. The van der Waals surface area contributed by atoms with Gasteiger partial charge in [0.25, 0.3) is 0 Å². The Balaban J connectivity index is 1.42. The van der Waals surface area contributed by atoms with Crippen LogP contribution >= 0.6 is 0 Å². The first kappa shape index (κ1) is 18.9. The zero-order valence-electron chi connectivity index (χ0n) is 16.3. The van der Waals surface area contributed by atoms with Crippen LogP contribution in [0.4, 0.5) is 5.69 Å². The van der Waals surface area contributed by atoms with Crippen LogP contribution in [0.25, 0.3) is 11.1 Å². The Morgan fingerprint density at radius 3 is 2.76 bits per heavy atom. The molecule has 1 aromatic heterocycles. The lowest BCUT2D eigenvalue weighted by atomic mass is 10.1. The molecule has 0 saturated carbocycles. The van der Waals surface area contributed by atoms with Gasteiger partial charge in [0.2, 0.25) is 0 Å². The highest BCUT2D eigenvalue weighted by molar-refractivity contribution is 6.39. The zero-order valence-corrected chi connectivity index (χ0v) is 16.3. The van der Waals surface area contributed by atoms with Crippen LogP contribution in [-0.4, -0.2) is 40.1 Å². The number of hydrogen-bond donors (Lipinski definition) is 2. The molecule has 0 saturated heterocycles. The second-order valence-electron chi connectivity index (χ2n) is 7.08. The molecular weight excluding hydrogens is 366 g/mol. The number of likely N-dealkylation sites (N-methyl/N-ethyl adjacent to an activating group) is 1. The average molecular weight is 389 g/mol. The van der Waals surface area contributed by atoms with Gasteiger partial charge in [-0.3, -0.25) is 14.3 Å². The Hall–Kier alpha value is -3.45. The molecule has 2 heterocycles. The molecule has 0 atom stereocenters. The lowest BCUT2D eigenvalue weighted by Crippen LogP contribution is -2.37. The number of carbonyl (C=O) groups excluding carboxylic acids is 2. The predicted octanol–water partition coefficient (Wildman–Crippen LogP) is 2.25. The van der Waals surface area contributed by atoms with Crippen molar-refractivity contribution in [1.29, 1.82) is 0 Å². The van der Waals surface area contributed by atoms with E-state index in [4.69, 9.17) is 0 Å². The molecule has 1 aliphatic heterocycles. The maximum atomic E-state index is 12.6. The number of benzene rings is 2. The van der Waals surface area contributed by atoms with E-state index in [0.29, 0.717) is 12.2 Å². The van der Waals surface area contributed by atoms with Crippen LogP contribution < -0.4 is 10.6 Å². The van der Waals surface area contributed by atoms with Crippen LogP contribution in [0.5, 0.6) is 0 Å². The Bertz CT molecular complexity index is 1030. The summed E-state index contributed by atoms with van der Waals surface area (Å²) in [5.74, 6) is -1.24. The van der Waals surface area contributed by atoms with Crippen LogP contribution in [0.3, 0.4) is 0 Å². The summed E-state index contributed by atoms with van der Waals surface area (Å²) >= 11 is 0. The average Bonchev–Trinajstić information content (AvgIpc) is 3.17. The van der Waals surface area contributed by atoms with Gasteiger partial charge in [-0.1, -0.05) is 42.5 Å². The van der Waals surface area contributed by atoms with Gasteiger partial charge >= 0.3 is 11.8 Å². The first-order chi connectivity index (χ1) is 14.1. The number of amides is 2. The molecule has 4 rings (SSSR count). The van der Waals surface area contributed by atoms with Crippen molar-refractivity contribution in [2.75, 3.05) is 18.9 Å². The van der Waals surface area contributed by atoms with Crippen LogP contribution in [0.2, 0.25) is 0 Å². The van der Waals surface area contributed by atoms with E-state index < -0.39 is 11.8 Å². The minimum atomic E-state index is -0.656. The Labute approximate surface area is 169 Å². The highest BCUT2D eigenvalue weighted by Crippen LogP contribution is 2.22. The van der Waals surface area contributed by atoms with Crippen LogP contribution in [0, 0.1) is 0 Å². The molecule has 29 heavy (non-hydrogen) atoms. The van der Waals surface area contributed by atoms with Crippen molar-refractivity contribution in [3.63, 3.8) is 0 Å². The standard InChI is InChI=1S/C22H23N5O2/c1-26(15-18-13-24-27-11-10-23-14-20(18)27)22(29)21(28)25-19-9-5-8-17(12-19)16-6-3-2-4-7-16/h2-9,12-13,23H,10-11,14-15H2,1H3,(H,25,28). The summed E-state index contributed by atoms with van der Waals surface area (Å²) in [4.78, 5) is 26.5. The maximum absolute atomic E-state index is 12.6. The van der Waals surface area contributed by atoms with Crippen LogP contribution in [-0.2, 0) is 29.2 Å². The quantitative estimate of drug-likeness (QED) is 0.671. The number of aromatic nitrogens is 2. The monoisotopic (exact) mass is 389 g/mol. The first-order valence-corrected chi connectivity index (χ1v) is 9.58. The summed E-state index contributed by atoms with van der Waals surface area (Å²) in [5, 5.41) is 10.4. The highest BCUT2D eigenvalue weighted by Gasteiger charge is 2.22. The third-order valence-corrected chi connectivity index (χ3v) is 5.00. The fourth-order valence-corrected chi connectivity index (χ4v) is 3.46.